The lowest BCUT2D eigenvalue weighted by molar-refractivity contribution is -0.0498. The molecule has 96 valence electrons. The van der Waals surface area contributed by atoms with Crippen LogP contribution in [0.25, 0.3) is 0 Å². The molecule has 4 nitrogen and oxygen atoms in total. The summed E-state index contributed by atoms with van der Waals surface area (Å²) < 4.78 is 29.9. The predicted molar refractivity (Wildman–Crippen MR) is 63.6 cm³/mol. The second-order valence-corrected chi connectivity index (χ2v) is 3.78. The van der Waals surface area contributed by atoms with Gasteiger partial charge in [0.25, 0.3) is 0 Å². The van der Waals surface area contributed by atoms with Crippen LogP contribution in [0.2, 0.25) is 0 Å². The van der Waals surface area contributed by atoms with Crippen molar-refractivity contribution in [3.05, 3.63) is 42.2 Å². The molecular weight excluding hydrogens is 240 g/mol. The SMILES string of the molecule is Cn1cc(NCc2ccc(OC(F)F)cc2)cn1. The Labute approximate surface area is 103 Å². The maximum atomic E-state index is 11.9. The fourth-order valence-electron chi connectivity index (χ4n) is 1.51. The Kier molecular flexibility index (Phi) is 3.76. The Morgan fingerprint density at radius 1 is 1.33 bits per heavy atom. The highest BCUT2D eigenvalue weighted by Crippen LogP contribution is 2.15. The van der Waals surface area contributed by atoms with Gasteiger partial charge in [0.05, 0.1) is 11.9 Å². The molecule has 0 atom stereocenters. The van der Waals surface area contributed by atoms with E-state index < -0.39 is 6.61 Å². The number of rotatable bonds is 5. The first kappa shape index (κ1) is 12.3. The van der Waals surface area contributed by atoms with Crippen LogP contribution in [0.1, 0.15) is 5.56 Å². The maximum absolute atomic E-state index is 11.9. The van der Waals surface area contributed by atoms with E-state index in [-0.39, 0.29) is 5.75 Å². The molecule has 0 fully saturated rings. The summed E-state index contributed by atoms with van der Waals surface area (Å²) in [5.74, 6) is 0.162. The fraction of sp³-hybridized carbons (Fsp3) is 0.250. The zero-order valence-electron chi connectivity index (χ0n) is 9.81. The molecule has 0 aliphatic heterocycles. The van der Waals surface area contributed by atoms with Crippen molar-refractivity contribution in [2.24, 2.45) is 7.05 Å². The topological polar surface area (TPSA) is 39.1 Å². The van der Waals surface area contributed by atoms with Crippen molar-refractivity contribution in [3.8, 4) is 5.75 Å². The lowest BCUT2D eigenvalue weighted by Gasteiger charge is -2.06. The number of benzene rings is 1. The molecule has 0 amide bonds. The molecule has 2 aromatic rings. The van der Waals surface area contributed by atoms with Crippen molar-refractivity contribution in [3.63, 3.8) is 0 Å². The van der Waals surface area contributed by atoms with Crippen molar-refractivity contribution >= 4 is 5.69 Å². The van der Waals surface area contributed by atoms with Crippen LogP contribution in [-0.2, 0) is 13.6 Å². The Morgan fingerprint density at radius 2 is 2.06 bits per heavy atom. The number of alkyl halides is 2. The van der Waals surface area contributed by atoms with E-state index in [1.165, 1.54) is 12.1 Å². The number of anilines is 1. The van der Waals surface area contributed by atoms with Gasteiger partial charge in [-0.25, -0.2) is 0 Å². The molecule has 18 heavy (non-hydrogen) atoms. The number of nitrogens with zero attached hydrogens (tertiary/aromatic N) is 2. The maximum Gasteiger partial charge on any atom is 0.387 e. The minimum atomic E-state index is -2.79. The van der Waals surface area contributed by atoms with E-state index in [0.29, 0.717) is 6.54 Å². The molecule has 0 spiro atoms. The van der Waals surface area contributed by atoms with Crippen LogP contribution in [0, 0.1) is 0 Å². The molecule has 0 radical (unpaired) electrons. The van der Waals surface area contributed by atoms with Gasteiger partial charge in [-0.3, -0.25) is 4.68 Å². The van der Waals surface area contributed by atoms with Crippen molar-refractivity contribution in [1.29, 1.82) is 0 Å². The zero-order chi connectivity index (χ0) is 13.0. The molecule has 0 saturated heterocycles. The van der Waals surface area contributed by atoms with Crippen molar-refractivity contribution in [2.75, 3.05) is 5.32 Å². The third-order valence-electron chi connectivity index (χ3n) is 2.35. The first-order valence-corrected chi connectivity index (χ1v) is 5.40. The van der Waals surface area contributed by atoms with E-state index in [1.54, 1.807) is 23.0 Å². The summed E-state index contributed by atoms with van der Waals surface area (Å²) in [6.07, 6.45) is 3.57. The van der Waals surface area contributed by atoms with Crippen LogP contribution >= 0.6 is 0 Å². The van der Waals surface area contributed by atoms with Gasteiger partial charge in [0.15, 0.2) is 0 Å². The average Bonchev–Trinajstić information content (AvgIpc) is 2.74. The Balaban J connectivity index is 1.90. The summed E-state index contributed by atoms with van der Waals surface area (Å²) in [5.41, 5.74) is 1.88. The van der Waals surface area contributed by atoms with Gasteiger partial charge in [-0.1, -0.05) is 12.1 Å². The highest BCUT2D eigenvalue weighted by molar-refractivity contribution is 5.39. The minimum Gasteiger partial charge on any atom is -0.435 e. The lowest BCUT2D eigenvalue weighted by atomic mass is 10.2. The summed E-state index contributed by atoms with van der Waals surface area (Å²) in [4.78, 5) is 0. The van der Waals surface area contributed by atoms with Crippen LogP contribution in [0.5, 0.6) is 5.75 Å². The summed E-state index contributed by atoms with van der Waals surface area (Å²) in [5, 5.41) is 7.20. The first-order valence-electron chi connectivity index (χ1n) is 5.40. The van der Waals surface area contributed by atoms with Gasteiger partial charge in [0.1, 0.15) is 5.75 Å². The Bertz CT molecular complexity index is 496. The predicted octanol–water partition coefficient (Wildman–Crippen LogP) is 2.63. The average molecular weight is 253 g/mol. The molecule has 0 saturated carbocycles. The highest BCUT2D eigenvalue weighted by Gasteiger charge is 2.03. The quantitative estimate of drug-likeness (QED) is 0.890. The lowest BCUT2D eigenvalue weighted by Crippen LogP contribution is -2.02. The number of hydrogen-bond donors (Lipinski definition) is 1. The third kappa shape index (κ3) is 3.44. The molecule has 1 heterocycles. The summed E-state index contributed by atoms with van der Waals surface area (Å²) in [6, 6.07) is 6.51. The number of nitrogens with one attached hydrogen (secondary N) is 1. The van der Waals surface area contributed by atoms with E-state index in [0.717, 1.165) is 11.3 Å². The number of halogens is 2. The van der Waals surface area contributed by atoms with E-state index in [2.05, 4.69) is 15.2 Å². The molecule has 1 aromatic heterocycles. The molecule has 0 bridgehead atoms. The van der Waals surface area contributed by atoms with Gasteiger partial charge >= 0.3 is 6.61 Å². The monoisotopic (exact) mass is 253 g/mol. The Morgan fingerprint density at radius 3 is 2.61 bits per heavy atom. The highest BCUT2D eigenvalue weighted by atomic mass is 19.3. The molecule has 1 N–H and O–H groups in total. The van der Waals surface area contributed by atoms with Crippen LogP contribution in [0.3, 0.4) is 0 Å². The van der Waals surface area contributed by atoms with Crippen LogP contribution in [0.15, 0.2) is 36.7 Å². The second-order valence-electron chi connectivity index (χ2n) is 3.78. The van der Waals surface area contributed by atoms with Crippen LogP contribution in [-0.4, -0.2) is 16.4 Å². The van der Waals surface area contributed by atoms with E-state index in [9.17, 15) is 8.78 Å². The summed E-state index contributed by atoms with van der Waals surface area (Å²) >= 11 is 0. The van der Waals surface area contributed by atoms with E-state index in [1.807, 2.05) is 13.2 Å². The molecule has 1 aromatic carbocycles. The first-order chi connectivity index (χ1) is 8.63. The number of aromatic nitrogens is 2. The smallest absolute Gasteiger partial charge is 0.387 e. The second kappa shape index (κ2) is 5.48. The zero-order valence-corrected chi connectivity index (χ0v) is 9.81. The molecule has 0 unspecified atom stereocenters. The largest absolute Gasteiger partial charge is 0.435 e. The number of ether oxygens (including phenoxy) is 1. The summed E-state index contributed by atoms with van der Waals surface area (Å²) in [7, 11) is 1.83. The van der Waals surface area contributed by atoms with Crippen molar-refractivity contribution < 1.29 is 13.5 Å². The van der Waals surface area contributed by atoms with Gasteiger partial charge in [0.2, 0.25) is 0 Å². The minimum absolute atomic E-state index is 0.162. The molecule has 0 aliphatic carbocycles. The van der Waals surface area contributed by atoms with Gasteiger partial charge in [0, 0.05) is 19.8 Å². The van der Waals surface area contributed by atoms with Crippen LogP contribution in [0.4, 0.5) is 14.5 Å². The standard InChI is InChI=1S/C12H13F2N3O/c1-17-8-10(7-16-17)15-6-9-2-4-11(5-3-9)18-12(13)14/h2-5,7-8,12,15H,6H2,1H3. The number of hydrogen-bond acceptors (Lipinski definition) is 3. The van der Waals surface area contributed by atoms with Gasteiger partial charge in [-0.15, -0.1) is 0 Å². The van der Waals surface area contributed by atoms with Gasteiger partial charge < -0.3 is 10.1 Å². The third-order valence-corrected chi connectivity index (χ3v) is 2.35. The van der Waals surface area contributed by atoms with Crippen LogP contribution < -0.4 is 10.1 Å². The summed E-state index contributed by atoms with van der Waals surface area (Å²) in [6.45, 7) is -2.19. The van der Waals surface area contributed by atoms with E-state index >= 15 is 0 Å². The van der Waals surface area contributed by atoms with Gasteiger partial charge in [-0.2, -0.15) is 13.9 Å². The van der Waals surface area contributed by atoms with E-state index in [4.69, 9.17) is 0 Å². The van der Waals surface area contributed by atoms with Gasteiger partial charge in [-0.05, 0) is 17.7 Å². The molecule has 0 aliphatic rings. The Hall–Kier alpha value is -2.11. The van der Waals surface area contributed by atoms with Crippen molar-refractivity contribution in [2.45, 2.75) is 13.2 Å². The molecule has 2 rings (SSSR count). The molecule has 6 heteroatoms. The normalized spacial score (nSPS) is 10.7. The van der Waals surface area contributed by atoms with Crippen molar-refractivity contribution in [1.82, 2.24) is 9.78 Å². The number of aryl methyl sites for hydroxylation is 1. The fourth-order valence-corrected chi connectivity index (χ4v) is 1.51. The molecular formula is C12H13F2N3O.